The van der Waals surface area contributed by atoms with Crippen LogP contribution in [0, 0.1) is 0 Å². The molecule has 1 aromatic rings. The van der Waals surface area contributed by atoms with Crippen LogP contribution in [0.1, 0.15) is 18.9 Å². The molecule has 2 aliphatic heterocycles. The maximum Gasteiger partial charge on any atom is 0.241 e. The predicted molar refractivity (Wildman–Crippen MR) is 87.6 cm³/mol. The summed E-state index contributed by atoms with van der Waals surface area (Å²) in [5, 5.41) is 3.37. The number of hydrogen-bond donors (Lipinski definition) is 1. The zero-order valence-electron chi connectivity index (χ0n) is 13.5. The Morgan fingerprint density at radius 2 is 2.27 bits per heavy atom. The van der Waals surface area contributed by atoms with Crippen molar-refractivity contribution in [3.05, 3.63) is 23.8 Å². The molecule has 1 aromatic carbocycles. The van der Waals surface area contributed by atoms with Crippen LogP contribution >= 0.6 is 0 Å². The van der Waals surface area contributed by atoms with Crippen LogP contribution in [-0.4, -0.2) is 56.7 Å². The van der Waals surface area contributed by atoms with Crippen LogP contribution in [0.25, 0.3) is 0 Å². The zero-order valence-corrected chi connectivity index (χ0v) is 13.5. The number of nitrogens with one attached hydrogen (secondary N) is 1. The van der Waals surface area contributed by atoms with Crippen LogP contribution in [-0.2, 0) is 11.2 Å². The summed E-state index contributed by atoms with van der Waals surface area (Å²) in [6.07, 6.45) is 2.03. The van der Waals surface area contributed by atoms with E-state index in [1.807, 2.05) is 17.0 Å². The van der Waals surface area contributed by atoms with E-state index in [4.69, 9.17) is 4.74 Å². The molecular formula is C17H25N3O2. The molecule has 5 nitrogen and oxygen atoms in total. The number of methoxy groups -OCH3 is 1. The molecule has 1 saturated heterocycles. The highest BCUT2D eigenvalue weighted by Crippen LogP contribution is 2.30. The third-order valence-corrected chi connectivity index (χ3v) is 4.68. The van der Waals surface area contributed by atoms with Gasteiger partial charge in [0, 0.05) is 37.9 Å². The lowest BCUT2D eigenvalue weighted by atomic mass is 10.0. The van der Waals surface area contributed by atoms with Crippen LogP contribution in [0.5, 0.6) is 5.75 Å². The van der Waals surface area contributed by atoms with E-state index in [2.05, 4.69) is 23.2 Å². The second kappa shape index (κ2) is 6.67. The molecule has 1 amide bonds. The molecule has 0 aliphatic carbocycles. The van der Waals surface area contributed by atoms with Gasteiger partial charge in [0.2, 0.25) is 5.91 Å². The fourth-order valence-corrected chi connectivity index (χ4v) is 3.34. The van der Waals surface area contributed by atoms with Crippen LogP contribution < -0.4 is 15.0 Å². The average Bonchev–Trinajstić information content (AvgIpc) is 2.55. The molecule has 5 heteroatoms. The van der Waals surface area contributed by atoms with Gasteiger partial charge in [-0.2, -0.15) is 0 Å². The van der Waals surface area contributed by atoms with Crippen LogP contribution in [0.2, 0.25) is 0 Å². The Bertz CT molecular complexity index is 547. The number of aryl methyl sites for hydroxylation is 1. The first-order valence-electron chi connectivity index (χ1n) is 8.11. The van der Waals surface area contributed by atoms with Gasteiger partial charge in [-0.15, -0.1) is 0 Å². The normalized spacial score (nSPS) is 22.3. The molecule has 2 heterocycles. The number of carbonyl (C=O) groups is 1. The predicted octanol–water partition coefficient (Wildman–Crippen LogP) is 1.27. The largest absolute Gasteiger partial charge is 0.497 e. The van der Waals surface area contributed by atoms with Gasteiger partial charge >= 0.3 is 0 Å². The van der Waals surface area contributed by atoms with E-state index in [-0.39, 0.29) is 5.91 Å². The highest BCUT2D eigenvalue weighted by atomic mass is 16.5. The number of piperazine rings is 1. The fraction of sp³-hybridized carbons (Fsp3) is 0.588. The van der Waals surface area contributed by atoms with Crippen molar-refractivity contribution in [2.45, 2.75) is 25.8 Å². The highest BCUT2D eigenvalue weighted by Gasteiger charge is 2.26. The molecular weight excluding hydrogens is 278 g/mol. The standard InChI is InChI=1S/C17H25N3O2/c1-13-11-18-7-9-19(13)12-17(21)20-8-3-4-14-10-15(22-2)5-6-16(14)20/h5-6,10,13,18H,3-4,7-9,11-12H2,1-2H3/t13-/m0/s1. The minimum atomic E-state index is 0.208. The van der Waals surface area contributed by atoms with Gasteiger partial charge in [-0.1, -0.05) is 0 Å². The van der Waals surface area contributed by atoms with E-state index in [9.17, 15) is 4.79 Å². The summed E-state index contributed by atoms with van der Waals surface area (Å²) >= 11 is 0. The Hall–Kier alpha value is -1.59. The summed E-state index contributed by atoms with van der Waals surface area (Å²) in [6.45, 7) is 6.37. The summed E-state index contributed by atoms with van der Waals surface area (Å²) in [4.78, 5) is 17.0. The minimum absolute atomic E-state index is 0.208. The lowest BCUT2D eigenvalue weighted by Crippen LogP contribution is -2.53. The molecule has 0 aromatic heterocycles. The molecule has 3 rings (SSSR count). The van der Waals surface area contributed by atoms with E-state index >= 15 is 0 Å². The van der Waals surface area contributed by atoms with Gasteiger partial charge in [0.15, 0.2) is 0 Å². The van der Waals surface area contributed by atoms with Crippen molar-refractivity contribution in [1.82, 2.24) is 10.2 Å². The van der Waals surface area contributed by atoms with Crippen LogP contribution in [0.15, 0.2) is 18.2 Å². The number of fused-ring (bicyclic) bond motifs is 1. The average molecular weight is 303 g/mol. The number of amides is 1. The van der Waals surface area contributed by atoms with Crippen molar-refractivity contribution in [3.63, 3.8) is 0 Å². The molecule has 1 atom stereocenters. The molecule has 0 spiro atoms. The van der Waals surface area contributed by atoms with Gasteiger partial charge in [0.1, 0.15) is 5.75 Å². The van der Waals surface area contributed by atoms with Crippen molar-refractivity contribution >= 4 is 11.6 Å². The van der Waals surface area contributed by atoms with Crippen molar-refractivity contribution in [3.8, 4) is 5.75 Å². The molecule has 1 N–H and O–H groups in total. The summed E-state index contributed by atoms with van der Waals surface area (Å²) in [7, 11) is 1.68. The molecule has 0 radical (unpaired) electrons. The van der Waals surface area contributed by atoms with Crippen LogP contribution in [0.3, 0.4) is 0 Å². The molecule has 0 bridgehead atoms. The van der Waals surface area contributed by atoms with E-state index < -0.39 is 0 Å². The number of benzene rings is 1. The Morgan fingerprint density at radius 1 is 1.41 bits per heavy atom. The highest BCUT2D eigenvalue weighted by molar-refractivity contribution is 5.96. The second-order valence-corrected chi connectivity index (χ2v) is 6.17. The van der Waals surface area contributed by atoms with Gasteiger partial charge < -0.3 is 15.0 Å². The van der Waals surface area contributed by atoms with E-state index in [0.29, 0.717) is 12.6 Å². The molecule has 120 valence electrons. The van der Waals surface area contributed by atoms with E-state index in [1.165, 1.54) is 5.56 Å². The third kappa shape index (κ3) is 3.10. The van der Waals surface area contributed by atoms with Crippen LogP contribution in [0.4, 0.5) is 5.69 Å². The van der Waals surface area contributed by atoms with Crippen molar-refractivity contribution in [2.24, 2.45) is 0 Å². The van der Waals surface area contributed by atoms with Gasteiger partial charge in [0.25, 0.3) is 0 Å². The first kappa shape index (κ1) is 15.3. The van der Waals surface area contributed by atoms with Gasteiger partial charge in [0.05, 0.1) is 13.7 Å². The summed E-state index contributed by atoms with van der Waals surface area (Å²) in [5.41, 5.74) is 2.27. The second-order valence-electron chi connectivity index (χ2n) is 6.17. The molecule has 2 aliphatic rings. The Morgan fingerprint density at radius 3 is 3.05 bits per heavy atom. The summed E-state index contributed by atoms with van der Waals surface area (Å²) in [6, 6.07) is 6.43. The number of hydrogen-bond acceptors (Lipinski definition) is 4. The first-order chi connectivity index (χ1) is 10.7. The number of rotatable bonds is 3. The first-order valence-corrected chi connectivity index (χ1v) is 8.11. The van der Waals surface area contributed by atoms with Crippen molar-refractivity contribution in [2.75, 3.05) is 44.7 Å². The Kier molecular flexibility index (Phi) is 4.64. The Labute approximate surface area is 132 Å². The van der Waals surface area contributed by atoms with Gasteiger partial charge in [-0.3, -0.25) is 9.69 Å². The Balaban J connectivity index is 1.74. The maximum atomic E-state index is 12.8. The van der Waals surface area contributed by atoms with E-state index in [1.54, 1.807) is 7.11 Å². The van der Waals surface area contributed by atoms with Crippen molar-refractivity contribution < 1.29 is 9.53 Å². The number of anilines is 1. The lowest BCUT2D eigenvalue weighted by molar-refractivity contribution is -0.120. The van der Waals surface area contributed by atoms with Gasteiger partial charge in [-0.05, 0) is 43.5 Å². The lowest BCUT2D eigenvalue weighted by Gasteiger charge is -2.36. The summed E-state index contributed by atoms with van der Waals surface area (Å²) < 4.78 is 5.29. The molecule has 22 heavy (non-hydrogen) atoms. The fourth-order valence-electron chi connectivity index (χ4n) is 3.34. The zero-order chi connectivity index (χ0) is 15.5. The minimum Gasteiger partial charge on any atom is -0.497 e. The number of ether oxygens (including phenoxy) is 1. The van der Waals surface area contributed by atoms with Gasteiger partial charge in [-0.25, -0.2) is 0 Å². The maximum absolute atomic E-state index is 12.8. The van der Waals surface area contributed by atoms with E-state index in [0.717, 1.165) is 50.5 Å². The topological polar surface area (TPSA) is 44.8 Å². The third-order valence-electron chi connectivity index (χ3n) is 4.68. The number of nitrogens with zero attached hydrogens (tertiary/aromatic N) is 2. The molecule has 0 saturated carbocycles. The SMILES string of the molecule is COc1ccc2c(c1)CCCN2C(=O)CN1CCNC[C@@H]1C. The smallest absolute Gasteiger partial charge is 0.241 e. The summed E-state index contributed by atoms with van der Waals surface area (Å²) in [5.74, 6) is 1.07. The molecule has 0 unspecified atom stereocenters. The van der Waals surface area contributed by atoms with Crippen molar-refractivity contribution in [1.29, 1.82) is 0 Å². The number of carbonyl (C=O) groups excluding carboxylic acids is 1. The molecule has 1 fully saturated rings. The monoisotopic (exact) mass is 303 g/mol. The quantitative estimate of drug-likeness (QED) is 0.913.